The fourth-order valence-electron chi connectivity index (χ4n) is 3.79. The first kappa shape index (κ1) is 13.8. The molecule has 0 spiro atoms. The van der Waals surface area contributed by atoms with Crippen molar-refractivity contribution in [1.82, 2.24) is 10.2 Å². The molecule has 3 unspecified atom stereocenters. The fraction of sp³-hybridized carbons (Fsp3) is 1.00. The summed E-state index contributed by atoms with van der Waals surface area (Å²) in [4.78, 5) is 2.64. The lowest BCUT2D eigenvalue weighted by Crippen LogP contribution is -2.61. The van der Waals surface area contributed by atoms with Gasteiger partial charge in [0.15, 0.2) is 0 Å². The molecule has 1 heterocycles. The minimum absolute atomic E-state index is 0.00745. The molecular formula is C16H30N2O. The SMILES string of the molecule is CC1CCCN(CC(CO)(NC2CC2)C2CC2)C1C. The minimum atomic E-state index is -0.00745. The number of likely N-dealkylation sites (tertiary alicyclic amines) is 1. The van der Waals surface area contributed by atoms with E-state index in [0.29, 0.717) is 24.6 Å². The Balaban J connectivity index is 1.68. The van der Waals surface area contributed by atoms with E-state index in [1.54, 1.807) is 0 Å². The van der Waals surface area contributed by atoms with Crippen LogP contribution in [0.25, 0.3) is 0 Å². The number of aliphatic hydroxyl groups is 1. The van der Waals surface area contributed by atoms with Gasteiger partial charge in [-0.2, -0.15) is 0 Å². The first-order chi connectivity index (χ1) is 9.14. The van der Waals surface area contributed by atoms with E-state index >= 15 is 0 Å². The number of hydrogen-bond donors (Lipinski definition) is 2. The Morgan fingerprint density at radius 1 is 1.16 bits per heavy atom. The van der Waals surface area contributed by atoms with Crippen LogP contribution in [-0.2, 0) is 0 Å². The van der Waals surface area contributed by atoms with Gasteiger partial charge in [0, 0.05) is 18.6 Å². The summed E-state index contributed by atoms with van der Waals surface area (Å²) in [7, 11) is 0. The molecule has 2 aliphatic carbocycles. The van der Waals surface area contributed by atoms with Crippen LogP contribution in [0.5, 0.6) is 0 Å². The highest BCUT2D eigenvalue weighted by atomic mass is 16.3. The molecule has 3 fully saturated rings. The van der Waals surface area contributed by atoms with Crippen LogP contribution in [0.15, 0.2) is 0 Å². The van der Waals surface area contributed by atoms with Crippen molar-refractivity contribution in [2.45, 2.75) is 70.0 Å². The van der Waals surface area contributed by atoms with Crippen molar-refractivity contribution < 1.29 is 5.11 Å². The summed E-state index contributed by atoms with van der Waals surface area (Å²) in [5, 5.41) is 13.9. The molecule has 0 aromatic rings. The third-order valence-electron chi connectivity index (χ3n) is 5.70. The quantitative estimate of drug-likeness (QED) is 0.772. The third kappa shape index (κ3) is 2.98. The molecular weight excluding hydrogens is 236 g/mol. The second-order valence-corrected chi connectivity index (χ2v) is 7.34. The maximum atomic E-state index is 10.1. The van der Waals surface area contributed by atoms with Crippen molar-refractivity contribution in [3.8, 4) is 0 Å². The van der Waals surface area contributed by atoms with Crippen molar-refractivity contribution in [3.05, 3.63) is 0 Å². The van der Waals surface area contributed by atoms with Crippen LogP contribution >= 0.6 is 0 Å². The van der Waals surface area contributed by atoms with E-state index in [1.165, 1.54) is 45.1 Å². The van der Waals surface area contributed by atoms with Gasteiger partial charge in [-0.1, -0.05) is 6.92 Å². The van der Waals surface area contributed by atoms with Crippen LogP contribution in [0.1, 0.15) is 52.4 Å². The maximum absolute atomic E-state index is 10.1. The van der Waals surface area contributed by atoms with Gasteiger partial charge >= 0.3 is 0 Å². The number of hydrogen-bond acceptors (Lipinski definition) is 3. The van der Waals surface area contributed by atoms with E-state index in [-0.39, 0.29) is 5.54 Å². The molecule has 19 heavy (non-hydrogen) atoms. The summed E-state index contributed by atoms with van der Waals surface area (Å²) in [5.74, 6) is 1.51. The average molecular weight is 266 g/mol. The minimum Gasteiger partial charge on any atom is -0.394 e. The Morgan fingerprint density at radius 2 is 1.89 bits per heavy atom. The van der Waals surface area contributed by atoms with Crippen molar-refractivity contribution >= 4 is 0 Å². The predicted molar refractivity (Wildman–Crippen MR) is 78.1 cm³/mol. The second-order valence-electron chi connectivity index (χ2n) is 7.34. The zero-order valence-corrected chi connectivity index (χ0v) is 12.6. The average Bonchev–Trinajstić information content (AvgIpc) is 3.26. The van der Waals surface area contributed by atoms with Crippen LogP contribution in [-0.4, -0.2) is 47.3 Å². The first-order valence-electron chi connectivity index (χ1n) is 8.27. The summed E-state index contributed by atoms with van der Waals surface area (Å²) in [5.41, 5.74) is -0.00745. The van der Waals surface area contributed by atoms with Gasteiger partial charge in [-0.05, 0) is 63.8 Å². The maximum Gasteiger partial charge on any atom is 0.0628 e. The topological polar surface area (TPSA) is 35.5 Å². The van der Waals surface area contributed by atoms with Crippen LogP contribution in [0.3, 0.4) is 0 Å². The molecule has 2 saturated carbocycles. The summed E-state index contributed by atoms with van der Waals surface area (Å²) in [6, 6.07) is 1.35. The highest BCUT2D eigenvalue weighted by molar-refractivity contribution is 5.06. The lowest BCUT2D eigenvalue weighted by molar-refractivity contribution is 0.0394. The molecule has 3 rings (SSSR count). The van der Waals surface area contributed by atoms with Crippen molar-refractivity contribution in [2.24, 2.45) is 11.8 Å². The van der Waals surface area contributed by atoms with Crippen LogP contribution < -0.4 is 5.32 Å². The molecule has 0 amide bonds. The molecule has 110 valence electrons. The van der Waals surface area contributed by atoms with Gasteiger partial charge in [0.2, 0.25) is 0 Å². The fourth-order valence-corrected chi connectivity index (χ4v) is 3.79. The molecule has 1 aliphatic heterocycles. The second kappa shape index (κ2) is 5.34. The lowest BCUT2D eigenvalue weighted by Gasteiger charge is -2.45. The smallest absolute Gasteiger partial charge is 0.0628 e. The molecule has 3 atom stereocenters. The molecule has 0 aromatic heterocycles. The molecule has 3 aliphatic rings. The van der Waals surface area contributed by atoms with Crippen LogP contribution in [0, 0.1) is 11.8 Å². The van der Waals surface area contributed by atoms with Gasteiger partial charge in [0.25, 0.3) is 0 Å². The van der Waals surface area contributed by atoms with E-state index in [9.17, 15) is 5.11 Å². The molecule has 2 N–H and O–H groups in total. The zero-order chi connectivity index (χ0) is 13.5. The molecule has 0 radical (unpaired) electrons. The van der Waals surface area contributed by atoms with E-state index in [4.69, 9.17) is 0 Å². The van der Waals surface area contributed by atoms with Gasteiger partial charge in [-0.3, -0.25) is 4.90 Å². The Labute approximate surface area is 117 Å². The largest absolute Gasteiger partial charge is 0.394 e. The number of rotatable bonds is 6. The standard InChI is InChI=1S/C16H30N2O/c1-12-4-3-9-18(13(12)2)10-16(11-19,14-5-6-14)17-15-7-8-15/h12-15,17,19H,3-11H2,1-2H3. The van der Waals surface area contributed by atoms with Crippen LogP contribution in [0.2, 0.25) is 0 Å². The highest BCUT2D eigenvalue weighted by Gasteiger charge is 2.48. The Hall–Kier alpha value is -0.120. The molecule has 1 saturated heterocycles. The van der Waals surface area contributed by atoms with Gasteiger partial charge in [-0.15, -0.1) is 0 Å². The van der Waals surface area contributed by atoms with Crippen molar-refractivity contribution in [3.63, 3.8) is 0 Å². The number of nitrogens with zero attached hydrogens (tertiary/aromatic N) is 1. The van der Waals surface area contributed by atoms with E-state index < -0.39 is 0 Å². The monoisotopic (exact) mass is 266 g/mol. The van der Waals surface area contributed by atoms with Crippen molar-refractivity contribution in [2.75, 3.05) is 19.7 Å². The highest BCUT2D eigenvalue weighted by Crippen LogP contribution is 2.42. The number of aliphatic hydroxyl groups excluding tert-OH is 1. The Morgan fingerprint density at radius 3 is 2.47 bits per heavy atom. The lowest BCUT2D eigenvalue weighted by atomic mass is 9.87. The third-order valence-corrected chi connectivity index (χ3v) is 5.70. The number of nitrogens with one attached hydrogen (secondary N) is 1. The Kier molecular flexibility index (Phi) is 3.89. The van der Waals surface area contributed by atoms with Crippen LogP contribution in [0.4, 0.5) is 0 Å². The van der Waals surface area contributed by atoms with E-state index in [0.717, 1.165) is 12.5 Å². The number of piperidine rings is 1. The first-order valence-corrected chi connectivity index (χ1v) is 8.27. The summed E-state index contributed by atoms with van der Waals surface area (Å²) < 4.78 is 0. The molecule has 3 nitrogen and oxygen atoms in total. The van der Waals surface area contributed by atoms with Gasteiger partial charge in [0.1, 0.15) is 0 Å². The molecule has 0 aromatic carbocycles. The van der Waals surface area contributed by atoms with Gasteiger partial charge in [0.05, 0.1) is 12.1 Å². The van der Waals surface area contributed by atoms with Gasteiger partial charge in [-0.25, -0.2) is 0 Å². The summed E-state index contributed by atoms with van der Waals surface area (Å²) in [6.07, 6.45) is 7.90. The normalized spacial score (nSPS) is 36.2. The molecule has 0 bridgehead atoms. The van der Waals surface area contributed by atoms with E-state index in [1.807, 2.05) is 0 Å². The van der Waals surface area contributed by atoms with Gasteiger partial charge < -0.3 is 10.4 Å². The predicted octanol–water partition coefficient (Wildman–Crippen LogP) is 2.00. The van der Waals surface area contributed by atoms with Crippen molar-refractivity contribution in [1.29, 1.82) is 0 Å². The zero-order valence-electron chi connectivity index (χ0n) is 12.6. The Bertz CT molecular complexity index is 314. The molecule has 3 heteroatoms. The van der Waals surface area contributed by atoms with E-state index in [2.05, 4.69) is 24.1 Å². The summed E-state index contributed by atoms with van der Waals surface area (Å²) in [6.45, 7) is 7.33. The summed E-state index contributed by atoms with van der Waals surface area (Å²) >= 11 is 0.